The number of hydrogen-bond donors (Lipinski definition) is 1. The molecule has 2 aromatic carbocycles. The molecule has 1 N–H and O–H groups in total. The SMILES string of the molecule is CNCc1ccc(C(=O)c2ccc(C(C)N3CCC/C(=C\C4=CC(OC)=C(n5cnc(C)c5)CC4C)C3=O)cc2)cc1. The van der Waals surface area contributed by atoms with Crippen molar-refractivity contribution in [3.63, 3.8) is 0 Å². The quantitative estimate of drug-likeness (QED) is 0.246. The standard InChI is InChI=1S/C35H40N4O3/c1-23-17-32(38-21-24(2)37-22-38)33(42-5)19-31(23)18-30-7-6-16-39(35(30)41)25(3)27-12-14-29(15-13-27)34(40)28-10-8-26(9-11-28)20-36-4/h8-15,18-19,21-23,25,36H,6-7,16-17,20H2,1-5H3/b30-18+. The van der Waals surface area contributed by atoms with Gasteiger partial charge in [0.05, 0.1) is 30.9 Å². The Morgan fingerprint density at radius 1 is 1.14 bits per heavy atom. The summed E-state index contributed by atoms with van der Waals surface area (Å²) in [6, 6.07) is 15.3. The molecular formula is C35H40N4O3. The number of allylic oxidation sites excluding steroid dienone is 4. The maximum absolute atomic E-state index is 13.7. The Kier molecular flexibility index (Phi) is 8.88. The van der Waals surface area contributed by atoms with Crippen LogP contribution < -0.4 is 5.32 Å². The summed E-state index contributed by atoms with van der Waals surface area (Å²) < 4.78 is 7.78. The molecule has 5 rings (SSSR count). The average molecular weight is 565 g/mol. The predicted octanol–water partition coefficient (Wildman–Crippen LogP) is 6.23. The molecule has 1 amide bonds. The number of aryl methyl sites for hydroxylation is 1. The third kappa shape index (κ3) is 6.16. The lowest BCUT2D eigenvalue weighted by atomic mass is 9.87. The van der Waals surface area contributed by atoms with Gasteiger partial charge >= 0.3 is 0 Å². The molecule has 0 saturated carbocycles. The number of nitrogens with zero attached hydrogens (tertiary/aromatic N) is 3. The number of imidazole rings is 1. The second kappa shape index (κ2) is 12.7. The number of piperidine rings is 1. The van der Waals surface area contributed by atoms with Gasteiger partial charge in [-0.1, -0.05) is 55.5 Å². The highest BCUT2D eigenvalue weighted by molar-refractivity contribution is 6.09. The van der Waals surface area contributed by atoms with Crippen molar-refractivity contribution in [2.24, 2.45) is 5.92 Å². The zero-order chi connectivity index (χ0) is 29.8. The highest BCUT2D eigenvalue weighted by atomic mass is 16.5. The van der Waals surface area contributed by atoms with Crippen molar-refractivity contribution < 1.29 is 14.3 Å². The van der Waals surface area contributed by atoms with Gasteiger partial charge < -0.3 is 19.5 Å². The fourth-order valence-electron chi connectivity index (χ4n) is 5.82. The molecule has 42 heavy (non-hydrogen) atoms. The molecule has 0 radical (unpaired) electrons. The summed E-state index contributed by atoms with van der Waals surface area (Å²) in [5, 5.41) is 3.12. The summed E-state index contributed by atoms with van der Waals surface area (Å²) in [6.07, 6.45) is 10.4. The third-order valence-electron chi connectivity index (χ3n) is 8.34. The van der Waals surface area contributed by atoms with E-state index in [0.29, 0.717) is 17.7 Å². The number of rotatable bonds is 9. The molecule has 2 atom stereocenters. The summed E-state index contributed by atoms with van der Waals surface area (Å²) in [5.41, 5.74) is 7.43. The van der Waals surface area contributed by atoms with Crippen LogP contribution >= 0.6 is 0 Å². The molecule has 0 spiro atoms. The second-order valence-corrected chi connectivity index (χ2v) is 11.3. The highest BCUT2D eigenvalue weighted by Gasteiger charge is 2.29. The lowest BCUT2D eigenvalue weighted by molar-refractivity contribution is -0.130. The van der Waals surface area contributed by atoms with Crippen LogP contribution in [0.15, 0.2) is 90.1 Å². The minimum absolute atomic E-state index is 0.00448. The van der Waals surface area contributed by atoms with Crippen molar-refractivity contribution in [2.75, 3.05) is 20.7 Å². The molecule has 7 heteroatoms. The first kappa shape index (κ1) is 29.3. The van der Waals surface area contributed by atoms with E-state index in [1.807, 2.05) is 84.5 Å². The van der Waals surface area contributed by atoms with Crippen molar-refractivity contribution in [3.8, 4) is 0 Å². The van der Waals surface area contributed by atoms with E-state index in [1.165, 1.54) is 0 Å². The Balaban J connectivity index is 1.31. The van der Waals surface area contributed by atoms with Gasteiger partial charge in [0.2, 0.25) is 5.91 Å². The van der Waals surface area contributed by atoms with Crippen LogP contribution in [0.2, 0.25) is 0 Å². The smallest absolute Gasteiger partial charge is 0.250 e. The molecule has 3 aromatic rings. The first-order chi connectivity index (χ1) is 20.3. The molecule has 7 nitrogen and oxygen atoms in total. The summed E-state index contributed by atoms with van der Waals surface area (Å²) in [6.45, 7) is 7.70. The first-order valence-corrected chi connectivity index (χ1v) is 14.7. The number of amides is 1. The Morgan fingerprint density at radius 3 is 2.45 bits per heavy atom. The fourth-order valence-corrected chi connectivity index (χ4v) is 5.82. The van der Waals surface area contributed by atoms with Gasteiger partial charge in [-0.25, -0.2) is 4.98 Å². The molecule has 0 bridgehead atoms. The maximum atomic E-state index is 13.7. The lowest BCUT2D eigenvalue weighted by Gasteiger charge is -2.34. The van der Waals surface area contributed by atoms with Gasteiger partial charge in [0.1, 0.15) is 5.76 Å². The van der Waals surface area contributed by atoms with E-state index in [0.717, 1.165) is 65.2 Å². The molecule has 218 valence electrons. The van der Waals surface area contributed by atoms with E-state index in [2.05, 4.69) is 36.3 Å². The normalized spacial score (nSPS) is 19.2. The number of likely N-dealkylation sites (tertiary alicyclic amines) is 1. The average Bonchev–Trinajstić information content (AvgIpc) is 3.44. The van der Waals surface area contributed by atoms with Crippen molar-refractivity contribution in [1.82, 2.24) is 19.8 Å². The maximum Gasteiger partial charge on any atom is 0.250 e. The van der Waals surface area contributed by atoms with Crippen LogP contribution in [-0.4, -0.2) is 46.8 Å². The Hall–Kier alpha value is -4.23. The van der Waals surface area contributed by atoms with Gasteiger partial charge in [-0.2, -0.15) is 0 Å². The van der Waals surface area contributed by atoms with Crippen molar-refractivity contribution in [2.45, 2.75) is 52.6 Å². The van der Waals surface area contributed by atoms with Gasteiger partial charge in [-0.05, 0) is 74.9 Å². The zero-order valence-corrected chi connectivity index (χ0v) is 25.2. The van der Waals surface area contributed by atoms with E-state index in [9.17, 15) is 9.59 Å². The monoisotopic (exact) mass is 564 g/mol. The Morgan fingerprint density at radius 2 is 1.83 bits per heavy atom. The minimum Gasteiger partial charge on any atom is -0.495 e. The van der Waals surface area contributed by atoms with Crippen molar-refractivity contribution in [1.29, 1.82) is 0 Å². The number of hydrogen-bond acceptors (Lipinski definition) is 5. The van der Waals surface area contributed by atoms with Gasteiger partial charge in [0, 0.05) is 36.0 Å². The summed E-state index contributed by atoms with van der Waals surface area (Å²) in [4.78, 5) is 33.1. The van der Waals surface area contributed by atoms with Gasteiger partial charge in [0.15, 0.2) is 5.78 Å². The number of carbonyl (C=O) groups excluding carboxylic acids is 2. The molecule has 2 unspecified atom stereocenters. The van der Waals surface area contributed by atoms with Crippen LogP contribution in [0.3, 0.4) is 0 Å². The van der Waals surface area contributed by atoms with E-state index in [1.54, 1.807) is 7.11 Å². The molecule has 2 aliphatic rings. The second-order valence-electron chi connectivity index (χ2n) is 11.3. The lowest BCUT2D eigenvalue weighted by Crippen LogP contribution is -2.39. The highest BCUT2D eigenvalue weighted by Crippen LogP contribution is 2.35. The number of benzene rings is 2. The van der Waals surface area contributed by atoms with Crippen LogP contribution in [0.4, 0.5) is 0 Å². The molecule has 1 aliphatic heterocycles. The number of carbonyl (C=O) groups is 2. The van der Waals surface area contributed by atoms with Crippen molar-refractivity contribution >= 4 is 17.4 Å². The molecule has 1 aliphatic carbocycles. The molecular weight excluding hydrogens is 524 g/mol. The Bertz CT molecular complexity index is 1540. The van der Waals surface area contributed by atoms with Crippen LogP contribution in [0.5, 0.6) is 0 Å². The molecule has 1 fully saturated rings. The number of methoxy groups -OCH3 is 1. The number of nitrogens with one attached hydrogen (secondary N) is 1. The van der Waals surface area contributed by atoms with Gasteiger partial charge in [0.25, 0.3) is 0 Å². The molecule has 1 aromatic heterocycles. The topological polar surface area (TPSA) is 76.5 Å². The number of aromatic nitrogens is 2. The van der Waals surface area contributed by atoms with Gasteiger partial charge in [-0.3, -0.25) is 9.59 Å². The minimum atomic E-state index is -0.102. The van der Waals surface area contributed by atoms with Crippen molar-refractivity contribution in [3.05, 3.63) is 118 Å². The van der Waals surface area contributed by atoms with E-state index in [4.69, 9.17) is 4.74 Å². The largest absolute Gasteiger partial charge is 0.495 e. The number of ether oxygens (including phenoxy) is 1. The third-order valence-corrected chi connectivity index (χ3v) is 8.34. The summed E-state index contributed by atoms with van der Waals surface area (Å²) in [7, 11) is 3.59. The molecule has 1 saturated heterocycles. The van der Waals surface area contributed by atoms with E-state index < -0.39 is 0 Å². The van der Waals surface area contributed by atoms with Crippen LogP contribution in [-0.2, 0) is 16.1 Å². The summed E-state index contributed by atoms with van der Waals surface area (Å²) >= 11 is 0. The van der Waals surface area contributed by atoms with Gasteiger partial charge in [-0.15, -0.1) is 0 Å². The first-order valence-electron chi connectivity index (χ1n) is 14.7. The number of ketones is 1. The molecule has 2 heterocycles. The predicted molar refractivity (Wildman–Crippen MR) is 166 cm³/mol. The van der Waals surface area contributed by atoms with Crippen LogP contribution in [0.1, 0.15) is 71.9 Å². The fraction of sp³-hybridized carbons (Fsp3) is 0.343. The summed E-state index contributed by atoms with van der Waals surface area (Å²) in [5.74, 6) is 1.10. The Labute approximate surface area is 248 Å². The van der Waals surface area contributed by atoms with Crippen LogP contribution in [0, 0.1) is 12.8 Å². The van der Waals surface area contributed by atoms with Crippen LogP contribution in [0.25, 0.3) is 5.70 Å². The van der Waals surface area contributed by atoms with E-state index in [-0.39, 0.29) is 23.7 Å². The van der Waals surface area contributed by atoms with E-state index >= 15 is 0 Å². The zero-order valence-electron chi connectivity index (χ0n) is 25.2.